The summed E-state index contributed by atoms with van der Waals surface area (Å²) in [5.41, 5.74) is 3.54. The van der Waals surface area contributed by atoms with Gasteiger partial charge in [-0.1, -0.05) is 24.3 Å². The minimum absolute atomic E-state index is 0.00439. The summed E-state index contributed by atoms with van der Waals surface area (Å²) >= 11 is 0. The van der Waals surface area contributed by atoms with Crippen molar-refractivity contribution < 1.29 is 14.4 Å². The molecule has 1 aromatic heterocycles. The topological polar surface area (TPSA) is 82.0 Å². The Morgan fingerprint density at radius 2 is 1.83 bits per heavy atom. The van der Waals surface area contributed by atoms with Crippen molar-refractivity contribution in [1.29, 1.82) is 0 Å². The van der Waals surface area contributed by atoms with Crippen molar-refractivity contribution in [1.82, 2.24) is 24.5 Å². The van der Waals surface area contributed by atoms with Gasteiger partial charge in [0.15, 0.2) is 5.69 Å². The fourth-order valence-corrected chi connectivity index (χ4v) is 5.60. The highest BCUT2D eigenvalue weighted by Gasteiger charge is 2.39. The maximum absolute atomic E-state index is 13.6. The Labute approximate surface area is 211 Å². The molecule has 9 heteroatoms. The van der Waals surface area contributed by atoms with E-state index in [1.807, 2.05) is 39.6 Å². The van der Waals surface area contributed by atoms with Gasteiger partial charge in [-0.3, -0.25) is 19.1 Å². The van der Waals surface area contributed by atoms with Gasteiger partial charge in [0.2, 0.25) is 11.8 Å². The third-order valence-electron chi connectivity index (χ3n) is 7.55. The molecular weight excluding hydrogens is 456 g/mol. The van der Waals surface area contributed by atoms with Gasteiger partial charge < -0.3 is 19.6 Å². The number of carbonyl (C=O) groups excluding carboxylic acids is 3. The predicted octanol–water partition coefficient (Wildman–Crippen LogP) is 1.78. The molecule has 4 heterocycles. The lowest BCUT2D eigenvalue weighted by atomic mass is 10.0. The van der Waals surface area contributed by atoms with Crippen LogP contribution in [0.1, 0.15) is 35.1 Å². The number of anilines is 1. The fourth-order valence-electron chi connectivity index (χ4n) is 5.60. The first-order chi connectivity index (χ1) is 17.5. The summed E-state index contributed by atoms with van der Waals surface area (Å²) < 4.78 is 1.91. The summed E-state index contributed by atoms with van der Waals surface area (Å²) in [4.78, 5) is 46.9. The van der Waals surface area contributed by atoms with Crippen LogP contribution in [0.4, 0.5) is 5.69 Å². The molecule has 0 N–H and O–H groups in total. The molecule has 2 aromatic rings. The third kappa shape index (κ3) is 4.50. The molecule has 3 aliphatic heterocycles. The van der Waals surface area contributed by atoms with Crippen molar-refractivity contribution in [3.63, 3.8) is 0 Å². The Hall–Kier alpha value is -3.62. The van der Waals surface area contributed by atoms with E-state index in [9.17, 15) is 14.4 Å². The van der Waals surface area contributed by atoms with Crippen LogP contribution >= 0.6 is 0 Å². The average Bonchev–Trinajstić information content (AvgIpc) is 3.48. The molecule has 190 valence electrons. The Balaban J connectivity index is 1.29. The van der Waals surface area contributed by atoms with E-state index in [0.29, 0.717) is 57.9 Å². The second-order valence-electron chi connectivity index (χ2n) is 9.70. The van der Waals surface area contributed by atoms with Gasteiger partial charge in [-0.2, -0.15) is 5.10 Å². The van der Waals surface area contributed by atoms with Gasteiger partial charge in [0.1, 0.15) is 0 Å². The molecule has 0 spiro atoms. The highest BCUT2D eigenvalue weighted by molar-refractivity contribution is 5.95. The first kappa shape index (κ1) is 24.1. The maximum atomic E-state index is 13.6. The van der Waals surface area contributed by atoms with E-state index in [2.05, 4.69) is 23.6 Å². The second kappa shape index (κ2) is 10.2. The maximum Gasteiger partial charge on any atom is 0.274 e. The normalized spacial score (nSPS) is 20.0. The number of aromatic nitrogens is 2. The number of benzene rings is 1. The molecule has 1 aromatic carbocycles. The number of piperazine rings is 1. The summed E-state index contributed by atoms with van der Waals surface area (Å²) in [6.45, 7) is 11.0. The number of nitrogens with zero attached hydrogens (tertiary/aromatic N) is 6. The van der Waals surface area contributed by atoms with E-state index >= 15 is 0 Å². The highest BCUT2D eigenvalue weighted by atomic mass is 16.2. The number of rotatable bonds is 6. The molecular formula is C27H34N6O3. The molecule has 0 aliphatic carbocycles. The molecule has 1 unspecified atom stereocenters. The standard InChI is InChI=1S/C27H34N6O3/c1-3-11-31-18-20(17-24(31)34)26(35)32-12-10-23-22(19-32)25(28-33(23)4-2)27(36)30-15-13-29(14-16-30)21-8-6-5-7-9-21/h3,5-9,20H,1,4,10-19H2,2H3. The van der Waals surface area contributed by atoms with Gasteiger partial charge in [-0.25, -0.2) is 0 Å². The number of para-hydroxylation sites is 1. The van der Waals surface area contributed by atoms with Crippen LogP contribution in [0.3, 0.4) is 0 Å². The van der Waals surface area contributed by atoms with E-state index < -0.39 is 0 Å². The van der Waals surface area contributed by atoms with Crippen LogP contribution in [0.15, 0.2) is 43.0 Å². The zero-order chi connectivity index (χ0) is 25.2. The molecule has 3 amide bonds. The highest BCUT2D eigenvalue weighted by Crippen LogP contribution is 2.28. The summed E-state index contributed by atoms with van der Waals surface area (Å²) in [7, 11) is 0. The van der Waals surface area contributed by atoms with E-state index in [1.54, 1.807) is 11.0 Å². The van der Waals surface area contributed by atoms with Gasteiger partial charge in [-0.05, 0) is 19.1 Å². The molecule has 0 saturated carbocycles. The fraction of sp³-hybridized carbons (Fsp3) is 0.481. The minimum Gasteiger partial charge on any atom is -0.368 e. The summed E-state index contributed by atoms with van der Waals surface area (Å²) in [6.07, 6.45) is 2.59. The molecule has 0 radical (unpaired) electrons. The summed E-state index contributed by atoms with van der Waals surface area (Å²) in [5.74, 6) is -0.422. The average molecular weight is 491 g/mol. The van der Waals surface area contributed by atoms with Crippen LogP contribution in [0, 0.1) is 5.92 Å². The first-order valence-corrected chi connectivity index (χ1v) is 12.9. The number of amides is 3. The number of aryl methyl sites for hydroxylation is 1. The van der Waals surface area contributed by atoms with Crippen molar-refractivity contribution in [3.05, 3.63) is 59.9 Å². The molecule has 5 rings (SSSR count). The van der Waals surface area contributed by atoms with Gasteiger partial charge in [0.25, 0.3) is 5.91 Å². The molecule has 1 atom stereocenters. The summed E-state index contributed by atoms with van der Waals surface area (Å²) in [5, 5.41) is 4.70. The smallest absolute Gasteiger partial charge is 0.274 e. The molecule has 9 nitrogen and oxygen atoms in total. The summed E-state index contributed by atoms with van der Waals surface area (Å²) in [6, 6.07) is 10.3. The molecule has 2 fully saturated rings. The van der Waals surface area contributed by atoms with Gasteiger partial charge >= 0.3 is 0 Å². The van der Waals surface area contributed by atoms with Crippen molar-refractivity contribution in [2.75, 3.05) is 50.7 Å². The molecule has 3 aliphatic rings. The first-order valence-electron chi connectivity index (χ1n) is 12.9. The molecule has 2 saturated heterocycles. The van der Waals surface area contributed by atoms with Crippen molar-refractivity contribution in [2.24, 2.45) is 5.92 Å². The zero-order valence-electron chi connectivity index (χ0n) is 20.9. The van der Waals surface area contributed by atoms with Crippen molar-refractivity contribution in [2.45, 2.75) is 32.9 Å². The Morgan fingerprint density at radius 3 is 2.53 bits per heavy atom. The van der Waals surface area contributed by atoms with Crippen molar-refractivity contribution in [3.8, 4) is 0 Å². The Morgan fingerprint density at radius 1 is 1.08 bits per heavy atom. The number of hydrogen-bond donors (Lipinski definition) is 0. The quantitative estimate of drug-likeness (QED) is 0.577. The number of fused-ring (bicyclic) bond motifs is 1. The van der Waals surface area contributed by atoms with Crippen LogP contribution < -0.4 is 4.90 Å². The largest absolute Gasteiger partial charge is 0.368 e. The van der Waals surface area contributed by atoms with Crippen LogP contribution in [0.5, 0.6) is 0 Å². The minimum atomic E-state index is -0.342. The van der Waals surface area contributed by atoms with E-state index in [4.69, 9.17) is 5.10 Å². The predicted molar refractivity (Wildman–Crippen MR) is 136 cm³/mol. The molecule has 0 bridgehead atoms. The lowest BCUT2D eigenvalue weighted by molar-refractivity contribution is -0.136. The van der Waals surface area contributed by atoms with Crippen LogP contribution in [-0.2, 0) is 29.1 Å². The van der Waals surface area contributed by atoms with Crippen LogP contribution in [0.2, 0.25) is 0 Å². The number of hydrogen-bond acceptors (Lipinski definition) is 5. The van der Waals surface area contributed by atoms with Gasteiger partial charge in [-0.15, -0.1) is 6.58 Å². The second-order valence-corrected chi connectivity index (χ2v) is 9.70. The monoisotopic (exact) mass is 490 g/mol. The van der Waals surface area contributed by atoms with Gasteiger partial charge in [0.05, 0.1) is 5.92 Å². The van der Waals surface area contributed by atoms with E-state index in [1.165, 1.54) is 5.69 Å². The molecule has 36 heavy (non-hydrogen) atoms. The number of carbonyl (C=O) groups is 3. The lowest BCUT2D eigenvalue weighted by Gasteiger charge is -2.36. The third-order valence-corrected chi connectivity index (χ3v) is 7.55. The lowest BCUT2D eigenvalue weighted by Crippen LogP contribution is -2.49. The number of likely N-dealkylation sites (tertiary alicyclic amines) is 1. The van der Waals surface area contributed by atoms with E-state index in [-0.39, 0.29) is 30.1 Å². The Kier molecular flexibility index (Phi) is 6.80. The van der Waals surface area contributed by atoms with Crippen molar-refractivity contribution >= 4 is 23.4 Å². The zero-order valence-corrected chi connectivity index (χ0v) is 20.9. The SMILES string of the molecule is C=CCN1CC(C(=O)N2CCc3c(c(C(=O)N4CCN(c5ccccc5)CC4)nn3CC)C2)CC1=O. The Bertz CT molecular complexity index is 1150. The van der Waals surface area contributed by atoms with Gasteiger partial charge in [0, 0.05) is 88.7 Å². The van der Waals surface area contributed by atoms with E-state index in [0.717, 1.165) is 24.3 Å². The van der Waals surface area contributed by atoms with Crippen LogP contribution in [0.25, 0.3) is 0 Å². The van der Waals surface area contributed by atoms with Crippen LogP contribution in [-0.4, -0.2) is 88.0 Å².